The average Bonchev–Trinajstić information content (AvgIpc) is 2.92. The Bertz CT molecular complexity index is 554. The number of nitrogens with zero attached hydrogens (tertiary/aromatic N) is 1. The Morgan fingerprint density at radius 1 is 1.38 bits per heavy atom. The molecule has 1 aromatic heterocycles. The van der Waals surface area contributed by atoms with Gasteiger partial charge < -0.3 is 15.7 Å². The minimum Gasteiger partial charge on any atom is -0.393 e. The number of piperidine rings is 1. The van der Waals surface area contributed by atoms with Crippen molar-refractivity contribution in [2.45, 2.75) is 58.1 Å². The van der Waals surface area contributed by atoms with Crippen molar-refractivity contribution < 1.29 is 9.90 Å². The van der Waals surface area contributed by atoms with E-state index in [0.29, 0.717) is 11.8 Å². The minimum absolute atomic E-state index is 0. The molecule has 2 aliphatic rings. The van der Waals surface area contributed by atoms with E-state index in [0.717, 1.165) is 60.8 Å². The van der Waals surface area contributed by atoms with Crippen molar-refractivity contribution in [2.75, 3.05) is 13.1 Å². The highest BCUT2D eigenvalue weighted by molar-refractivity contribution is 7.13. The Labute approximate surface area is 154 Å². The summed E-state index contributed by atoms with van der Waals surface area (Å²) in [4.78, 5) is 18.0. The number of aromatic nitrogens is 1. The maximum Gasteiger partial charge on any atom is 0.263 e. The second kappa shape index (κ2) is 8.61. The summed E-state index contributed by atoms with van der Waals surface area (Å²) in [6.07, 6.45) is 4.51. The van der Waals surface area contributed by atoms with Crippen LogP contribution in [-0.2, 0) is 6.42 Å². The number of aryl methyl sites for hydroxylation is 2. The lowest BCUT2D eigenvalue weighted by atomic mass is 9.71. The van der Waals surface area contributed by atoms with Gasteiger partial charge in [0, 0.05) is 6.04 Å². The van der Waals surface area contributed by atoms with Crippen molar-refractivity contribution in [3.05, 3.63) is 15.6 Å². The topological polar surface area (TPSA) is 74.2 Å². The Morgan fingerprint density at radius 3 is 2.58 bits per heavy atom. The first-order valence-electron chi connectivity index (χ1n) is 8.74. The summed E-state index contributed by atoms with van der Waals surface area (Å²) >= 11 is 1.51. The number of aliphatic hydroxyl groups excluding tert-OH is 1. The lowest BCUT2D eigenvalue weighted by Crippen LogP contribution is -2.52. The number of nitrogens with one attached hydrogen (secondary N) is 2. The smallest absolute Gasteiger partial charge is 0.263 e. The normalized spacial score (nSPS) is 25.5. The third kappa shape index (κ3) is 4.28. The first-order valence-corrected chi connectivity index (χ1v) is 9.56. The maximum atomic E-state index is 12.8. The minimum atomic E-state index is -0.182. The molecule has 1 amide bonds. The molecular formula is C17H28ClN3O2S. The summed E-state index contributed by atoms with van der Waals surface area (Å²) in [5, 5.41) is 17.4. The molecule has 3 rings (SSSR count). The van der Waals surface area contributed by atoms with Gasteiger partial charge in [0.05, 0.1) is 16.8 Å². The number of rotatable bonds is 5. The number of aliphatic hydroxyl groups is 1. The van der Waals surface area contributed by atoms with Crippen molar-refractivity contribution in [3.8, 4) is 0 Å². The van der Waals surface area contributed by atoms with Gasteiger partial charge in [-0.05, 0) is 64.0 Å². The van der Waals surface area contributed by atoms with Gasteiger partial charge in [-0.25, -0.2) is 4.98 Å². The highest BCUT2D eigenvalue weighted by Crippen LogP contribution is 2.36. The van der Waals surface area contributed by atoms with Crippen LogP contribution in [0.2, 0.25) is 0 Å². The molecule has 1 saturated heterocycles. The van der Waals surface area contributed by atoms with Crippen molar-refractivity contribution in [2.24, 2.45) is 11.8 Å². The molecule has 5 nitrogen and oxygen atoms in total. The zero-order chi connectivity index (χ0) is 16.4. The van der Waals surface area contributed by atoms with Crippen LogP contribution in [0.4, 0.5) is 0 Å². The number of amides is 1. The van der Waals surface area contributed by atoms with Crippen LogP contribution in [0.5, 0.6) is 0 Å². The lowest BCUT2D eigenvalue weighted by molar-refractivity contribution is 0.00922. The quantitative estimate of drug-likeness (QED) is 0.740. The molecule has 1 aliphatic carbocycles. The zero-order valence-corrected chi connectivity index (χ0v) is 16.0. The van der Waals surface area contributed by atoms with Crippen LogP contribution in [-0.4, -0.2) is 41.2 Å². The van der Waals surface area contributed by atoms with E-state index in [2.05, 4.69) is 22.5 Å². The predicted molar refractivity (Wildman–Crippen MR) is 99.1 cm³/mol. The molecule has 1 atom stereocenters. The third-order valence-corrected chi connectivity index (χ3v) is 6.50. The Balaban J connectivity index is 0.00000208. The number of carbonyl (C=O) groups is 1. The molecular weight excluding hydrogens is 346 g/mol. The molecule has 0 radical (unpaired) electrons. The summed E-state index contributed by atoms with van der Waals surface area (Å²) in [5.41, 5.74) is 0.835. The van der Waals surface area contributed by atoms with E-state index in [9.17, 15) is 9.90 Å². The first-order chi connectivity index (χ1) is 11.1. The molecule has 1 aromatic rings. The number of halogens is 1. The van der Waals surface area contributed by atoms with Crippen molar-refractivity contribution in [1.82, 2.24) is 15.6 Å². The van der Waals surface area contributed by atoms with Gasteiger partial charge in [0.1, 0.15) is 4.88 Å². The second-order valence-corrected chi connectivity index (χ2v) is 7.93. The summed E-state index contributed by atoms with van der Waals surface area (Å²) in [6.45, 7) is 6.02. The molecule has 24 heavy (non-hydrogen) atoms. The molecule has 2 fully saturated rings. The Morgan fingerprint density at radius 2 is 2.04 bits per heavy atom. The van der Waals surface area contributed by atoms with Crippen molar-refractivity contribution >= 4 is 29.7 Å². The molecule has 3 N–H and O–H groups in total. The van der Waals surface area contributed by atoms with Gasteiger partial charge in [-0.2, -0.15) is 0 Å². The average molecular weight is 374 g/mol. The molecule has 7 heteroatoms. The molecule has 136 valence electrons. The van der Waals surface area contributed by atoms with E-state index >= 15 is 0 Å². The van der Waals surface area contributed by atoms with Crippen LogP contribution >= 0.6 is 23.7 Å². The third-order valence-electron chi connectivity index (χ3n) is 5.20. The fraction of sp³-hybridized carbons (Fsp3) is 0.765. The number of thiazole rings is 1. The highest BCUT2D eigenvalue weighted by atomic mass is 35.5. The van der Waals surface area contributed by atoms with E-state index in [4.69, 9.17) is 0 Å². The summed E-state index contributed by atoms with van der Waals surface area (Å²) in [6, 6.07) is 0.180. The summed E-state index contributed by atoms with van der Waals surface area (Å²) in [7, 11) is 0. The second-order valence-electron chi connectivity index (χ2n) is 6.85. The first kappa shape index (κ1) is 19.6. The van der Waals surface area contributed by atoms with Crippen LogP contribution in [0, 0.1) is 18.8 Å². The van der Waals surface area contributed by atoms with Gasteiger partial charge in [-0.1, -0.05) is 6.92 Å². The summed E-state index contributed by atoms with van der Waals surface area (Å²) in [5.74, 6) is 0.942. The molecule has 1 unspecified atom stereocenters. The number of carbonyl (C=O) groups excluding carboxylic acids is 1. The molecule has 0 bridgehead atoms. The van der Waals surface area contributed by atoms with Crippen LogP contribution in [0.15, 0.2) is 0 Å². The van der Waals surface area contributed by atoms with Crippen molar-refractivity contribution in [3.63, 3.8) is 0 Å². The fourth-order valence-electron chi connectivity index (χ4n) is 3.78. The van der Waals surface area contributed by atoms with Gasteiger partial charge in [0.15, 0.2) is 0 Å². The Hall–Kier alpha value is -0.690. The van der Waals surface area contributed by atoms with Crippen LogP contribution in [0.3, 0.4) is 0 Å². The molecule has 0 spiro atoms. The van der Waals surface area contributed by atoms with E-state index in [1.807, 2.05) is 6.92 Å². The van der Waals surface area contributed by atoms with E-state index in [1.165, 1.54) is 11.3 Å². The molecule has 1 aliphatic heterocycles. The Kier molecular flexibility index (Phi) is 7.04. The maximum absolute atomic E-state index is 12.8. The van der Waals surface area contributed by atoms with E-state index in [-0.39, 0.29) is 30.5 Å². The van der Waals surface area contributed by atoms with E-state index < -0.39 is 0 Å². The standard InChI is InChI=1S/C17H27N3O2S.ClH/c1-3-14-19-10(2)16(23-14)17(22)20-15(12-8-13(21)9-12)11-4-6-18-7-5-11;/h11-13,15,18,21H,3-9H2,1-2H3,(H,20,22);1H. The van der Waals surface area contributed by atoms with Gasteiger partial charge in [0.25, 0.3) is 5.91 Å². The van der Waals surface area contributed by atoms with Gasteiger partial charge in [-0.3, -0.25) is 4.79 Å². The highest BCUT2D eigenvalue weighted by Gasteiger charge is 2.39. The van der Waals surface area contributed by atoms with Gasteiger partial charge in [-0.15, -0.1) is 23.7 Å². The van der Waals surface area contributed by atoms with Crippen LogP contribution in [0.1, 0.15) is 53.0 Å². The summed E-state index contributed by atoms with van der Waals surface area (Å²) < 4.78 is 0. The zero-order valence-electron chi connectivity index (χ0n) is 14.4. The lowest BCUT2D eigenvalue weighted by Gasteiger charge is -2.43. The van der Waals surface area contributed by atoms with Crippen molar-refractivity contribution in [1.29, 1.82) is 0 Å². The fourth-order valence-corrected chi connectivity index (χ4v) is 4.69. The molecule has 2 heterocycles. The number of hydrogen-bond acceptors (Lipinski definition) is 5. The molecule has 0 aromatic carbocycles. The SMILES string of the molecule is CCc1nc(C)c(C(=O)NC(C2CCNCC2)C2CC(O)C2)s1.Cl. The number of hydrogen-bond donors (Lipinski definition) is 3. The van der Waals surface area contributed by atoms with Gasteiger partial charge >= 0.3 is 0 Å². The molecule has 1 saturated carbocycles. The predicted octanol–water partition coefficient (Wildman–Crippen LogP) is 2.30. The van der Waals surface area contributed by atoms with E-state index in [1.54, 1.807) is 0 Å². The monoisotopic (exact) mass is 373 g/mol. The van der Waals surface area contributed by atoms with Crippen LogP contribution < -0.4 is 10.6 Å². The van der Waals surface area contributed by atoms with Gasteiger partial charge in [0.2, 0.25) is 0 Å². The van der Waals surface area contributed by atoms with Crippen LogP contribution in [0.25, 0.3) is 0 Å². The largest absolute Gasteiger partial charge is 0.393 e.